The normalized spacial score (nSPS) is 17.5. The van der Waals surface area contributed by atoms with Crippen molar-refractivity contribution in [2.24, 2.45) is 0 Å². The molecule has 1 aliphatic rings. The number of piperidine rings is 1. The molecule has 0 bridgehead atoms. The third kappa shape index (κ3) is 6.54. The lowest BCUT2D eigenvalue weighted by Gasteiger charge is -2.32. The van der Waals surface area contributed by atoms with E-state index in [9.17, 15) is 9.59 Å². The minimum atomic E-state index is -0.951. The zero-order valence-corrected chi connectivity index (χ0v) is 11.9. The van der Waals surface area contributed by atoms with Crippen LogP contribution in [0.2, 0.25) is 0 Å². The van der Waals surface area contributed by atoms with Crippen LogP contribution in [0.25, 0.3) is 0 Å². The molecule has 6 heteroatoms. The maximum Gasteiger partial charge on any atom is 0.329 e. The van der Waals surface area contributed by atoms with Gasteiger partial charge < -0.3 is 20.1 Å². The van der Waals surface area contributed by atoms with E-state index in [0.29, 0.717) is 32.5 Å². The predicted molar refractivity (Wildman–Crippen MR) is 70.9 cm³/mol. The molecule has 19 heavy (non-hydrogen) atoms. The summed E-state index contributed by atoms with van der Waals surface area (Å²) in [5.41, 5.74) is -0.0709. The van der Waals surface area contributed by atoms with Crippen molar-refractivity contribution in [3.8, 4) is 0 Å². The molecule has 1 saturated heterocycles. The summed E-state index contributed by atoms with van der Waals surface area (Å²) in [6, 6.07) is 0. The van der Waals surface area contributed by atoms with Crippen molar-refractivity contribution in [2.75, 3.05) is 26.2 Å². The summed E-state index contributed by atoms with van der Waals surface area (Å²) in [7, 11) is 0. The van der Waals surface area contributed by atoms with Crippen LogP contribution >= 0.6 is 0 Å². The van der Waals surface area contributed by atoms with Crippen LogP contribution in [0.15, 0.2) is 0 Å². The van der Waals surface area contributed by atoms with Gasteiger partial charge in [0.15, 0.2) is 0 Å². The topological polar surface area (TPSA) is 78.9 Å². The van der Waals surface area contributed by atoms with Gasteiger partial charge in [0.25, 0.3) is 0 Å². The molecule has 0 aromatic heterocycles. The number of hydrogen-bond acceptors (Lipinski definition) is 4. The van der Waals surface area contributed by atoms with Crippen molar-refractivity contribution in [2.45, 2.75) is 45.3 Å². The quantitative estimate of drug-likeness (QED) is 0.760. The third-order valence-corrected chi connectivity index (χ3v) is 3.01. The average molecular weight is 272 g/mol. The first-order valence-corrected chi connectivity index (χ1v) is 6.64. The van der Waals surface area contributed by atoms with Gasteiger partial charge in [-0.3, -0.25) is 4.79 Å². The summed E-state index contributed by atoms with van der Waals surface area (Å²) in [5.74, 6) is -0.862. The van der Waals surface area contributed by atoms with Gasteiger partial charge in [-0.05, 0) is 33.6 Å². The predicted octanol–water partition coefficient (Wildman–Crippen LogP) is 0.467. The summed E-state index contributed by atoms with van der Waals surface area (Å²) >= 11 is 0. The van der Waals surface area contributed by atoms with Crippen molar-refractivity contribution in [3.63, 3.8) is 0 Å². The molecule has 0 radical (unpaired) electrons. The van der Waals surface area contributed by atoms with Crippen LogP contribution in [-0.2, 0) is 14.3 Å². The zero-order chi connectivity index (χ0) is 14.5. The number of rotatable bonds is 5. The summed E-state index contributed by atoms with van der Waals surface area (Å²) < 4.78 is 5.23. The highest BCUT2D eigenvalue weighted by molar-refractivity contribution is 5.78. The Hall–Kier alpha value is -1.14. The van der Waals surface area contributed by atoms with Crippen LogP contribution in [0.5, 0.6) is 0 Å². The highest BCUT2D eigenvalue weighted by Crippen LogP contribution is 2.13. The number of amides is 1. The first-order valence-electron chi connectivity index (χ1n) is 6.64. The number of nitrogens with zero attached hydrogens (tertiary/aromatic N) is 1. The van der Waals surface area contributed by atoms with E-state index < -0.39 is 5.97 Å². The fourth-order valence-electron chi connectivity index (χ4n) is 1.91. The number of hydrogen-bond donors (Lipinski definition) is 2. The van der Waals surface area contributed by atoms with Crippen LogP contribution < -0.4 is 5.32 Å². The number of ether oxygens (including phenoxy) is 1. The number of nitrogens with one attached hydrogen (secondary N) is 1. The molecule has 0 atom stereocenters. The summed E-state index contributed by atoms with van der Waals surface area (Å²) in [6.45, 7) is 7.41. The lowest BCUT2D eigenvalue weighted by Crippen LogP contribution is -2.48. The van der Waals surface area contributed by atoms with Crippen molar-refractivity contribution in [3.05, 3.63) is 0 Å². The molecule has 1 heterocycles. The molecule has 0 saturated carbocycles. The molecule has 1 fully saturated rings. The second-order valence-corrected chi connectivity index (χ2v) is 5.89. The number of carbonyl (C=O) groups excluding carboxylic acids is 1. The standard InChI is InChI=1S/C13H24N2O4/c1-13(2,3)14-8-11(16)15-6-4-10(5-7-15)19-9-12(17)18/h10,14H,4-9H2,1-3H3,(H,17,18). The zero-order valence-electron chi connectivity index (χ0n) is 11.9. The Labute approximate surface area is 114 Å². The first-order chi connectivity index (χ1) is 8.78. The monoisotopic (exact) mass is 272 g/mol. The lowest BCUT2D eigenvalue weighted by atomic mass is 10.1. The van der Waals surface area contributed by atoms with Crippen LogP contribution in [0, 0.1) is 0 Å². The Balaban J connectivity index is 2.25. The van der Waals surface area contributed by atoms with Crippen LogP contribution in [0.4, 0.5) is 0 Å². The Bertz CT molecular complexity index is 317. The number of aliphatic carboxylic acids is 1. The number of carboxylic acids is 1. The maximum atomic E-state index is 11.9. The van der Waals surface area contributed by atoms with Gasteiger partial charge >= 0.3 is 5.97 Å². The number of carboxylic acid groups (broad SMARTS) is 1. The fourth-order valence-corrected chi connectivity index (χ4v) is 1.91. The second-order valence-electron chi connectivity index (χ2n) is 5.89. The molecule has 2 N–H and O–H groups in total. The SMILES string of the molecule is CC(C)(C)NCC(=O)N1CCC(OCC(=O)O)CC1. The highest BCUT2D eigenvalue weighted by Gasteiger charge is 2.24. The van der Waals surface area contributed by atoms with Gasteiger partial charge in [0.05, 0.1) is 12.6 Å². The van der Waals surface area contributed by atoms with E-state index in [2.05, 4.69) is 5.32 Å². The molecule has 1 rings (SSSR count). The van der Waals surface area contributed by atoms with E-state index in [-0.39, 0.29) is 24.2 Å². The van der Waals surface area contributed by atoms with Gasteiger partial charge in [-0.2, -0.15) is 0 Å². The molecule has 0 aliphatic carbocycles. The highest BCUT2D eigenvalue weighted by atomic mass is 16.5. The van der Waals surface area contributed by atoms with E-state index >= 15 is 0 Å². The number of carbonyl (C=O) groups is 2. The van der Waals surface area contributed by atoms with Gasteiger partial charge in [0.1, 0.15) is 6.61 Å². The van der Waals surface area contributed by atoms with E-state index in [4.69, 9.17) is 9.84 Å². The first kappa shape index (κ1) is 15.9. The van der Waals surface area contributed by atoms with E-state index in [1.54, 1.807) is 4.90 Å². The van der Waals surface area contributed by atoms with Crippen LogP contribution in [-0.4, -0.2) is 59.8 Å². The Morgan fingerprint density at radius 1 is 1.32 bits per heavy atom. The molecule has 0 aromatic rings. The van der Waals surface area contributed by atoms with Crippen LogP contribution in [0.3, 0.4) is 0 Å². The van der Waals surface area contributed by atoms with Crippen molar-refractivity contribution >= 4 is 11.9 Å². The summed E-state index contributed by atoms with van der Waals surface area (Å²) in [6.07, 6.45) is 1.36. The molecule has 110 valence electrons. The molecule has 0 spiro atoms. The average Bonchev–Trinajstić information content (AvgIpc) is 2.33. The minimum absolute atomic E-state index is 0.0456. The molecule has 6 nitrogen and oxygen atoms in total. The van der Waals surface area contributed by atoms with Gasteiger partial charge in [-0.1, -0.05) is 0 Å². The Morgan fingerprint density at radius 3 is 2.37 bits per heavy atom. The van der Waals surface area contributed by atoms with E-state index in [0.717, 1.165) is 0 Å². The van der Waals surface area contributed by atoms with Crippen molar-refractivity contribution in [1.82, 2.24) is 10.2 Å². The summed E-state index contributed by atoms with van der Waals surface area (Å²) in [4.78, 5) is 24.1. The smallest absolute Gasteiger partial charge is 0.329 e. The Morgan fingerprint density at radius 2 is 1.89 bits per heavy atom. The van der Waals surface area contributed by atoms with Crippen LogP contribution in [0.1, 0.15) is 33.6 Å². The molecular weight excluding hydrogens is 248 g/mol. The number of likely N-dealkylation sites (tertiary alicyclic amines) is 1. The Kier molecular flexibility index (Phi) is 5.75. The molecule has 0 unspecified atom stereocenters. The van der Waals surface area contributed by atoms with Gasteiger partial charge in [0.2, 0.25) is 5.91 Å². The van der Waals surface area contributed by atoms with Crippen molar-refractivity contribution < 1.29 is 19.4 Å². The van der Waals surface area contributed by atoms with Gasteiger partial charge in [-0.15, -0.1) is 0 Å². The lowest BCUT2D eigenvalue weighted by molar-refractivity contribution is -0.146. The molecule has 1 amide bonds. The van der Waals surface area contributed by atoms with E-state index in [1.807, 2.05) is 20.8 Å². The van der Waals surface area contributed by atoms with Gasteiger partial charge in [0, 0.05) is 18.6 Å². The largest absolute Gasteiger partial charge is 0.480 e. The van der Waals surface area contributed by atoms with Crippen molar-refractivity contribution in [1.29, 1.82) is 0 Å². The fraction of sp³-hybridized carbons (Fsp3) is 0.846. The summed E-state index contributed by atoms with van der Waals surface area (Å²) in [5, 5.41) is 11.7. The maximum absolute atomic E-state index is 11.9. The van der Waals surface area contributed by atoms with E-state index in [1.165, 1.54) is 0 Å². The minimum Gasteiger partial charge on any atom is -0.480 e. The second kappa shape index (κ2) is 6.86. The molecule has 0 aromatic carbocycles. The molecular formula is C13H24N2O4. The third-order valence-electron chi connectivity index (χ3n) is 3.01. The molecule has 1 aliphatic heterocycles. The van der Waals surface area contributed by atoms with Gasteiger partial charge in [-0.25, -0.2) is 4.79 Å².